The van der Waals surface area contributed by atoms with Gasteiger partial charge in [-0.15, -0.1) is 0 Å². The minimum Gasteiger partial charge on any atom is -0.494 e. The topological polar surface area (TPSA) is 50.7 Å². The molecule has 0 spiro atoms. The van der Waals surface area contributed by atoms with Gasteiger partial charge in [-0.05, 0) is 79.4 Å². The van der Waals surface area contributed by atoms with Crippen molar-refractivity contribution in [1.82, 2.24) is 5.43 Å². The summed E-state index contributed by atoms with van der Waals surface area (Å²) in [4.78, 5) is 13.2. The smallest absolute Gasteiger partial charge is 0.246 e. The Bertz CT molecular complexity index is 754. The van der Waals surface area contributed by atoms with E-state index >= 15 is 0 Å². The summed E-state index contributed by atoms with van der Waals surface area (Å²) < 4.78 is 5.75. The number of nitrogens with one attached hydrogen (secondary N) is 1. The summed E-state index contributed by atoms with van der Waals surface area (Å²) in [5.41, 5.74) is 4.28. The zero-order valence-electron chi connectivity index (χ0n) is 17.6. The summed E-state index contributed by atoms with van der Waals surface area (Å²) in [7, 11) is 0. The van der Waals surface area contributed by atoms with Crippen LogP contribution in [-0.4, -0.2) is 18.7 Å². The van der Waals surface area contributed by atoms with Crippen molar-refractivity contribution in [3.63, 3.8) is 0 Å². The first-order valence-electron chi connectivity index (χ1n) is 10.9. The number of benzene rings is 1. The van der Waals surface area contributed by atoms with Gasteiger partial charge in [0, 0.05) is 0 Å². The number of ether oxygens (including phenoxy) is 1. The molecule has 1 aromatic carbocycles. The maximum absolute atomic E-state index is 13.2. The van der Waals surface area contributed by atoms with Crippen LogP contribution >= 0.6 is 0 Å². The molecule has 4 fully saturated rings. The van der Waals surface area contributed by atoms with Gasteiger partial charge in [-0.1, -0.05) is 39.3 Å². The third-order valence-electron chi connectivity index (χ3n) is 7.11. The van der Waals surface area contributed by atoms with E-state index in [1.807, 2.05) is 24.3 Å². The summed E-state index contributed by atoms with van der Waals surface area (Å²) >= 11 is 0. The molecule has 2 atom stereocenters. The van der Waals surface area contributed by atoms with E-state index in [4.69, 9.17) is 4.74 Å². The minimum atomic E-state index is -0.217. The van der Waals surface area contributed by atoms with Crippen molar-refractivity contribution in [3.05, 3.63) is 29.8 Å². The number of carbonyl (C=O) groups excluding carboxylic acids is 1. The van der Waals surface area contributed by atoms with Crippen LogP contribution in [-0.2, 0) is 4.79 Å². The van der Waals surface area contributed by atoms with Crippen molar-refractivity contribution in [3.8, 4) is 5.75 Å². The standard InChI is InChI=1S/C24H34N2O2/c1-4-5-9-28-20-8-6-7-18(10-20)14-25-26-21(27)24-13-19-11-22(2,16-24)15-23(3,12-19)17-24/h6-8,10,14,19H,4-5,9,11-13,15-17H2,1-3H3,(H,26,27)/b25-14+. The number of nitrogens with zero attached hydrogens (tertiary/aromatic N) is 1. The Morgan fingerprint density at radius 2 is 1.96 bits per heavy atom. The Morgan fingerprint density at radius 1 is 1.21 bits per heavy atom. The molecule has 0 radical (unpaired) electrons. The lowest BCUT2D eigenvalue weighted by molar-refractivity contribution is -0.170. The van der Waals surface area contributed by atoms with Crippen molar-refractivity contribution in [1.29, 1.82) is 0 Å². The van der Waals surface area contributed by atoms with Crippen molar-refractivity contribution < 1.29 is 9.53 Å². The van der Waals surface area contributed by atoms with Gasteiger partial charge in [0.2, 0.25) is 5.91 Å². The van der Waals surface area contributed by atoms with E-state index < -0.39 is 0 Å². The van der Waals surface area contributed by atoms with E-state index in [0.717, 1.165) is 50.0 Å². The lowest BCUT2D eigenvalue weighted by atomic mass is 9.40. The highest BCUT2D eigenvalue weighted by atomic mass is 16.5. The van der Waals surface area contributed by atoms with Crippen molar-refractivity contribution in [2.24, 2.45) is 27.3 Å². The zero-order valence-corrected chi connectivity index (χ0v) is 17.6. The fraction of sp³-hybridized carbons (Fsp3) is 0.667. The molecule has 4 nitrogen and oxygen atoms in total. The Balaban J connectivity index is 1.40. The molecule has 0 aliphatic heterocycles. The van der Waals surface area contributed by atoms with E-state index in [0.29, 0.717) is 16.7 Å². The van der Waals surface area contributed by atoms with Crippen LogP contribution in [0.15, 0.2) is 29.4 Å². The summed E-state index contributed by atoms with van der Waals surface area (Å²) in [5, 5.41) is 4.30. The Hall–Kier alpha value is -1.84. The van der Waals surface area contributed by atoms with Crippen LogP contribution in [0.3, 0.4) is 0 Å². The lowest BCUT2D eigenvalue weighted by Gasteiger charge is -2.64. The van der Waals surface area contributed by atoms with Crippen LogP contribution in [0, 0.1) is 22.2 Å². The van der Waals surface area contributed by atoms with E-state index in [1.165, 1.54) is 19.3 Å². The number of hydrogen-bond acceptors (Lipinski definition) is 3. The highest BCUT2D eigenvalue weighted by molar-refractivity contribution is 5.86. The average molecular weight is 383 g/mol. The molecular weight excluding hydrogens is 348 g/mol. The first kappa shape index (κ1) is 19.5. The van der Waals surface area contributed by atoms with Gasteiger partial charge in [-0.3, -0.25) is 4.79 Å². The molecular formula is C24H34N2O2. The molecule has 1 aromatic rings. The fourth-order valence-electron chi connectivity index (χ4n) is 7.00. The molecule has 152 valence electrons. The number of amides is 1. The van der Waals surface area contributed by atoms with Gasteiger partial charge < -0.3 is 4.74 Å². The van der Waals surface area contributed by atoms with E-state index in [1.54, 1.807) is 6.21 Å². The maximum Gasteiger partial charge on any atom is 0.246 e. The second-order valence-electron chi connectivity index (χ2n) is 10.4. The summed E-state index contributed by atoms with van der Waals surface area (Å²) in [6.07, 6.45) is 10.9. The molecule has 28 heavy (non-hydrogen) atoms. The van der Waals surface area contributed by atoms with E-state index in [9.17, 15) is 4.79 Å². The molecule has 0 heterocycles. The van der Waals surface area contributed by atoms with Gasteiger partial charge >= 0.3 is 0 Å². The molecule has 4 bridgehead atoms. The van der Waals surface area contributed by atoms with Gasteiger partial charge in [-0.25, -0.2) is 5.43 Å². The highest BCUT2D eigenvalue weighted by Gasteiger charge is 2.62. The molecule has 4 heteroatoms. The van der Waals surface area contributed by atoms with Gasteiger partial charge in [0.1, 0.15) is 5.75 Å². The summed E-state index contributed by atoms with van der Waals surface area (Å²) in [6.45, 7) is 7.67. The number of unbranched alkanes of at least 4 members (excludes halogenated alkanes) is 1. The molecule has 0 saturated heterocycles. The molecule has 4 aliphatic rings. The molecule has 1 N–H and O–H groups in total. The molecule has 0 aromatic heterocycles. The van der Waals surface area contributed by atoms with Gasteiger partial charge in [0.25, 0.3) is 0 Å². The van der Waals surface area contributed by atoms with Crippen LogP contribution < -0.4 is 10.2 Å². The zero-order chi connectivity index (χ0) is 19.8. The molecule has 4 saturated carbocycles. The van der Waals surface area contributed by atoms with Crippen LogP contribution in [0.2, 0.25) is 0 Å². The predicted molar refractivity (Wildman–Crippen MR) is 112 cm³/mol. The Morgan fingerprint density at radius 3 is 2.64 bits per heavy atom. The van der Waals surface area contributed by atoms with Crippen LogP contribution in [0.5, 0.6) is 5.75 Å². The number of hydrogen-bond donors (Lipinski definition) is 1. The number of hydrazone groups is 1. The fourth-order valence-corrected chi connectivity index (χ4v) is 7.00. The Kier molecular flexibility index (Phi) is 5.01. The third-order valence-corrected chi connectivity index (χ3v) is 7.11. The van der Waals surface area contributed by atoms with Crippen molar-refractivity contribution in [2.45, 2.75) is 72.1 Å². The normalized spacial score (nSPS) is 36.0. The summed E-state index contributed by atoms with van der Waals surface area (Å²) in [6, 6.07) is 7.88. The van der Waals surface area contributed by atoms with Crippen LogP contribution in [0.25, 0.3) is 0 Å². The van der Waals surface area contributed by atoms with E-state index in [2.05, 4.69) is 31.3 Å². The largest absolute Gasteiger partial charge is 0.494 e. The molecule has 4 aliphatic carbocycles. The van der Waals surface area contributed by atoms with Gasteiger partial charge in [-0.2, -0.15) is 5.10 Å². The number of carbonyl (C=O) groups is 1. The van der Waals surface area contributed by atoms with Crippen LogP contribution in [0.4, 0.5) is 0 Å². The third kappa shape index (κ3) is 3.83. The lowest BCUT2D eigenvalue weighted by Crippen LogP contribution is -2.59. The van der Waals surface area contributed by atoms with Gasteiger partial charge in [0.15, 0.2) is 0 Å². The second kappa shape index (κ2) is 7.20. The maximum atomic E-state index is 13.2. The molecule has 2 unspecified atom stereocenters. The second-order valence-corrected chi connectivity index (χ2v) is 10.4. The van der Waals surface area contributed by atoms with Gasteiger partial charge in [0.05, 0.1) is 18.2 Å². The predicted octanol–water partition coefficient (Wildman–Crippen LogP) is 5.31. The van der Waals surface area contributed by atoms with Crippen molar-refractivity contribution in [2.75, 3.05) is 6.61 Å². The Labute approximate surface area is 169 Å². The summed E-state index contributed by atoms with van der Waals surface area (Å²) in [5.74, 6) is 1.68. The molecule has 1 amide bonds. The SMILES string of the molecule is CCCCOc1cccc(/C=N/NC(=O)C23CC4CC(C)(CC(C)(C4)C2)C3)c1. The average Bonchev–Trinajstić information content (AvgIpc) is 2.59. The van der Waals surface area contributed by atoms with Crippen molar-refractivity contribution >= 4 is 12.1 Å². The van der Waals surface area contributed by atoms with E-state index in [-0.39, 0.29) is 11.3 Å². The first-order valence-corrected chi connectivity index (χ1v) is 10.9. The first-order chi connectivity index (χ1) is 13.3. The quantitative estimate of drug-likeness (QED) is 0.394. The minimum absolute atomic E-state index is 0.126. The monoisotopic (exact) mass is 382 g/mol. The molecule has 5 rings (SSSR count). The number of rotatable bonds is 7. The van der Waals surface area contributed by atoms with Crippen LogP contribution in [0.1, 0.15) is 77.7 Å². The highest BCUT2D eigenvalue weighted by Crippen LogP contribution is 2.69.